The van der Waals surface area contributed by atoms with E-state index in [1.807, 2.05) is 0 Å². The first-order valence-corrected chi connectivity index (χ1v) is 6.03. The predicted molar refractivity (Wildman–Crippen MR) is 65.8 cm³/mol. The van der Waals surface area contributed by atoms with Crippen LogP contribution < -0.4 is 10.5 Å². The van der Waals surface area contributed by atoms with Gasteiger partial charge >= 0.3 is 12.5 Å². The van der Waals surface area contributed by atoms with E-state index in [0.717, 1.165) is 12.1 Å². The molecule has 0 aliphatic rings. The first kappa shape index (κ1) is 16.7. The quantitative estimate of drug-likeness (QED) is 0.793. The second-order valence-corrected chi connectivity index (χ2v) is 4.80. The number of aliphatic hydroxyl groups excluding tert-OH is 1. The number of halogens is 4. The van der Waals surface area contributed by atoms with Gasteiger partial charge in [0, 0.05) is 0 Å². The number of benzene rings is 1. The van der Waals surface area contributed by atoms with Gasteiger partial charge in [-0.1, -0.05) is 26.0 Å². The lowest BCUT2D eigenvalue weighted by Gasteiger charge is -2.23. The Balaban J connectivity index is 2.91. The zero-order valence-electron chi connectivity index (χ0n) is 11.1. The molecule has 0 radical (unpaired) electrons. The van der Waals surface area contributed by atoms with Crippen LogP contribution in [0.5, 0.6) is 5.75 Å². The first-order valence-electron chi connectivity index (χ1n) is 6.03. The number of ether oxygens (including phenoxy) is 1. The Hall–Kier alpha value is -1.34. The molecule has 1 aromatic carbocycles. The molecule has 0 fully saturated rings. The van der Waals surface area contributed by atoms with Crippen molar-refractivity contribution in [3.63, 3.8) is 0 Å². The lowest BCUT2D eigenvalue weighted by Crippen LogP contribution is -2.33. The van der Waals surface area contributed by atoms with Gasteiger partial charge in [-0.25, -0.2) is 0 Å². The number of rotatable bonds is 6. The van der Waals surface area contributed by atoms with Crippen molar-refractivity contribution in [2.24, 2.45) is 11.7 Å². The molecule has 1 rings (SSSR count). The Morgan fingerprint density at radius 1 is 1.25 bits per heavy atom. The maximum Gasteiger partial charge on any atom is 0.461 e. The van der Waals surface area contributed by atoms with Crippen molar-refractivity contribution < 1.29 is 27.4 Å². The molecular formula is C13H17F4NO2. The summed E-state index contributed by atoms with van der Waals surface area (Å²) in [7, 11) is 0. The van der Waals surface area contributed by atoms with E-state index < -0.39 is 30.4 Å². The van der Waals surface area contributed by atoms with E-state index in [2.05, 4.69) is 4.74 Å². The van der Waals surface area contributed by atoms with Gasteiger partial charge in [0.05, 0.1) is 12.1 Å². The summed E-state index contributed by atoms with van der Waals surface area (Å²) in [6.07, 6.45) is -9.39. The zero-order chi connectivity index (χ0) is 15.5. The van der Waals surface area contributed by atoms with Crippen molar-refractivity contribution in [3.05, 3.63) is 29.8 Å². The standard InChI is InChI=1S/C13H17F4NO2/c1-7(2)11(19)10(18)8-4-3-5-9(6-8)20-13(16,17)12(14)15/h3-7,10-12,19H,18H2,1-2H3/t10-,11+/m0/s1. The normalized spacial score (nSPS) is 15.5. The SMILES string of the molecule is CC(C)[C@@H](O)[C@@H](N)c1cccc(OC(F)(F)C(F)F)c1. The van der Waals surface area contributed by atoms with Gasteiger partial charge in [0.25, 0.3) is 0 Å². The van der Waals surface area contributed by atoms with Crippen LogP contribution in [0.4, 0.5) is 17.6 Å². The van der Waals surface area contributed by atoms with Gasteiger partial charge < -0.3 is 15.6 Å². The van der Waals surface area contributed by atoms with Crippen molar-refractivity contribution in [2.45, 2.75) is 38.5 Å². The molecule has 0 aromatic heterocycles. The summed E-state index contributed by atoms with van der Waals surface area (Å²) < 4.78 is 53.7. The van der Waals surface area contributed by atoms with E-state index in [1.165, 1.54) is 12.1 Å². The first-order chi connectivity index (χ1) is 9.15. The van der Waals surface area contributed by atoms with Crippen LogP contribution in [0.3, 0.4) is 0 Å². The molecule has 3 N–H and O–H groups in total. The zero-order valence-corrected chi connectivity index (χ0v) is 11.1. The highest BCUT2D eigenvalue weighted by molar-refractivity contribution is 5.31. The van der Waals surface area contributed by atoms with Crippen molar-refractivity contribution in [1.29, 1.82) is 0 Å². The highest BCUT2D eigenvalue weighted by atomic mass is 19.3. The molecule has 20 heavy (non-hydrogen) atoms. The monoisotopic (exact) mass is 295 g/mol. The smallest absolute Gasteiger partial charge is 0.428 e. The van der Waals surface area contributed by atoms with Gasteiger partial charge in [-0.15, -0.1) is 0 Å². The van der Waals surface area contributed by atoms with Crippen LogP contribution in [0.1, 0.15) is 25.5 Å². The molecule has 0 saturated carbocycles. The van der Waals surface area contributed by atoms with Crippen LogP contribution in [-0.4, -0.2) is 23.7 Å². The summed E-state index contributed by atoms with van der Waals surface area (Å²) in [6, 6.07) is 4.27. The molecule has 1 aromatic rings. The minimum atomic E-state index is -4.57. The van der Waals surface area contributed by atoms with Crippen LogP contribution in [0, 0.1) is 5.92 Å². The van der Waals surface area contributed by atoms with Crippen LogP contribution in [0.25, 0.3) is 0 Å². The molecular weight excluding hydrogens is 278 g/mol. The fourth-order valence-electron chi connectivity index (χ4n) is 1.60. The summed E-state index contributed by atoms with van der Waals surface area (Å²) in [6.45, 7) is 3.49. The number of hydrogen-bond donors (Lipinski definition) is 2. The van der Waals surface area contributed by atoms with Crippen LogP contribution >= 0.6 is 0 Å². The molecule has 0 heterocycles. The number of hydrogen-bond acceptors (Lipinski definition) is 3. The van der Waals surface area contributed by atoms with Crippen molar-refractivity contribution >= 4 is 0 Å². The number of aliphatic hydroxyl groups is 1. The van der Waals surface area contributed by atoms with E-state index in [9.17, 15) is 22.7 Å². The second-order valence-electron chi connectivity index (χ2n) is 4.80. The minimum Gasteiger partial charge on any atom is -0.428 e. The van der Waals surface area contributed by atoms with E-state index in [0.29, 0.717) is 5.56 Å². The third-order valence-corrected chi connectivity index (χ3v) is 2.80. The topological polar surface area (TPSA) is 55.5 Å². The molecule has 0 saturated heterocycles. The summed E-state index contributed by atoms with van der Waals surface area (Å²) >= 11 is 0. The summed E-state index contributed by atoms with van der Waals surface area (Å²) in [5, 5.41) is 9.83. The Kier molecular flexibility index (Phi) is 5.35. The van der Waals surface area contributed by atoms with E-state index in [4.69, 9.17) is 5.73 Å². The van der Waals surface area contributed by atoms with Crippen molar-refractivity contribution in [1.82, 2.24) is 0 Å². The summed E-state index contributed by atoms with van der Waals surface area (Å²) in [5.74, 6) is -0.573. The van der Waals surface area contributed by atoms with Gasteiger partial charge in [0.15, 0.2) is 0 Å². The number of alkyl halides is 4. The van der Waals surface area contributed by atoms with Crippen LogP contribution in [0.2, 0.25) is 0 Å². The Labute approximate surface area is 114 Å². The van der Waals surface area contributed by atoms with Gasteiger partial charge in [-0.3, -0.25) is 0 Å². The van der Waals surface area contributed by atoms with Gasteiger partial charge in [0.1, 0.15) is 5.75 Å². The van der Waals surface area contributed by atoms with Gasteiger partial charge in [-0.05, 0) is 23.6 Å². The highest BCUT2D eigenvalue weighted by Crippen LogP contribution is 2.29. The molecule has 0 bridgehead atoms. The molecule has 0 amide bonds. The maximum atomic E-state index is 12.8. The lowest BCUT2D eigenvalue weighted by molar-refractivity contribution is -0.253. The Morgan fingerprint density at radius 2 is 1.85 bits per heavy atom. The third kappa shape index (κ3) is 4.08. The molecule has 0 aliphatic heterocycles. The summed E-state index contributed by atoms with van der Waals surface area (Å²) in [4.78, 5) is 0. The fraction of sp³-hybridized carbons (Fsp3) is 0.538. The van der Waals surface area contributed by atoms with E-state index in [-0.39, 0.29) is 5.92 Å². The Bertz CT molecular complexity index is 440. The molecule has 2 atom stereocenters. The molecule has 3 nitrogen and oxygen atoms in total. The van der Waals surface area contributed by atoms with Crippen LogP contribution in [0.15, 0.2) is 24.3 Å². The lowest BCUT2D eigenvalue weighted by atomic mass is 9.94. The van der Waals surface area contributed by atoms with Crippen molar-refractivity contribution in [2.75, 3.05) is 0 Å². The molecule has 0 spiro atoms. The molecule has 0 unspecified atom stereocenters. The second kappa shape index (κ2) is 6.41. The Morgan fingerprint density at radius 3 is 2.35 bits per heavy atom. The van der Waals surface area contributed by atoms with Crippen molar-refractivity contribution in [3.8, 4) is 5.75 Å². The molecule has 7 heteroatoms. The maximum absolute atomic E-state index is 12.8. The third-order valence-electron chi connectivity index (χ3n) is 2.80. The average molecular weight is 295 g/mol. The number of nitrogens with two attached hydrogens (primary N) is 1. The molecule has 0 aliphatic carbocycles. The largest absolute Gasteiger partial charge is 0.461 e. The fourth-order valence-corrected chi connectivity index (χ4v) is 1.60. The predicted octanol–water partition coefficient (Wildman–Crippen LogP) is 2.94. The minimum absolute atomic E-state index is 0.142. The molecule has 114 valence electrons. The van der Waals surface area contributed by atoms with Gasteiger partial charge in [0.2, 0.25) is 0 Å². The summed E-state index contributed by atoms with van der Waals surface area (Å²) in [5.41, 5.74) is 6.12. The van der Waals surface area contributed by atoms with Crippen LogP contribution in [-0.2, 0) is 0 Å². The average Bonchev–Trinajstić information content (AvgIpc) is 2.36. The highest BCUT2D eigenvalue weighted by Gasteiger charge is 2.44. The van der Waals surface area contributed by atoms with E-state index >= 15 is 0 Å². The van der Waals surface area contributed by atoms with E-state index in [1.54, 1.807) is 13.8 Å². The van der Waals surface area contributed by atoms with Gasteiger partial charge in [-0.2, -0.15) is 17.6 Å².